The lowest BCUT2D eigenvalue weighted by molar-refractivity contribution is -0.121. The zero-order valence-corrected chi connectivity index (χ0v) is 13.8. The van der Waals surface area contributed by atoms with E-state index in [4.69, 9.17) is 0 Å². The van der Waals surface area contributed by atoms with Crippen LogP contribution in [-0.2, 0) is 21.2 Å². The molecule has 0 saturated carbocycles. The smallest absolute Gasteiger partial charge is 0.252 e. The van der Waals surface area contributed by atoms with Crippen LogP contribution in [0, 0.1) is 11.7 Å². The molecular formula is C15H15FN2O3S2. The summed E-state index contributed by atoms with van der Waals surface area (Å²) in [6, 6.07) is 6.42. The van der Waals surface area contributed by atoms with E-state index in [-0.39, 0.29) is 23.9 Å². The summed E-state index contributed by atoms with van der Waals surface area (Å²) in [4.78, 5) is 16.7. The molecule has 1 aromatic carbocycles. The number of carbonyl (C=O) groups excluding carboxylic acids is 1. The number of aromatic nitrogens is 1. The molecule has 1 aliphatic rings. The Morgan fingerprint density at radius 3 is 2.87 bits per heavy atom. The molecule has 2 aromatic rings. The number of halogens is 1. The zero-order chi connectivity index (χ0) is 16.4. The molecule has 1 aliphatic heterocycles. The second-order valence-corrected chi connectivity index (χ2v) is 8.56. The quantitative estimate of drug-likeness (QED) is 0.841. The summed E-state index contributed by atoms with van der Waals surface area (Å²) in [7, 11) is -3.12. The number of benzene rings is 1. The number of nitrogens with zero attached hydrogens (tertiary/aromatic N) is 2. The minimum absolute atomic E-state index is 0.0403. The first-order valence-corrected chi connectivity index (χ1v) is 9.81. The molecule has 0 radical (unpaired) electrons. The monoisotopic (exact) mass is 354 g/mol. The van der Waals surface area contributed by atoms with Crippen molar-refractivity contribution in [2.45, 2.75) is 13.0 Å². The lowest BCUT2D eigenvalue weighted by Crippen LogP contribution is -2.21. The molecule has 5 nitrogen and oxygen atoms in total. The molecule has 2 heterocycles. The number of thiazole rings is 1. The van der Waals surface area contributed by atoms with Crippen molar-refractivity contribution in [3.63, 3.8) is 0 Å². The van der Waals surface area contributed by atoms with Gasteiger partial charge in [-0.1, -0.05) is 18.2 Å². The predicted octanol–water partition coefficient (Wildman–Crippen LogP) is 1.60. The van der Waals surface area contributed by atoms with Gasteiger partial charge >= 0.3 is 0 Å². The van der Waals surface area contributed by atoms with E-state index in [1.54, 1.807) is 34.3 Å². The normalized spacial score (nSPS) is 20.7. The number of hydrogen-bond donors (Lipinski definition) is 0. The minimum atomic E-state index is -3.12. The fourth-order valence-electron chi connectivity index (χ4n) is 2.49. The third-order valence-electron chi connectivity index (χ3n) is 3.75. The highest BCUT2D eigenvalue weighted by Crippen LogP contribution is 2.19. The van der Waals surface area contributed by atoms with Crippen LogP contribution in [0.2, 0.25) is 0 Å². The maximum absolute atomic E-state index is 13.7. The van der Waals surface area contributed by atoms with Crippen molar-refractivity contribution in [2.75, 3.05) is 11.5 Å². The van der Waals surface area contributed by atoms with Gasteiger partial charge in [0.15, 0.2) is 14.6 Å². The number of carbonyl (C=O) groups is 1. The Morgan fingerprint density at radius 2 is 2.17 bits per heavy atom. The average molecular weight is 354 g/mol. The highest BCUT2D eigenvalue weighted by atomic mass is 32.2. The van der Waals surface area contributed by atoms with Crippen molar-refractivity contribution >= 4 is 27.1 Å². The van der Waals surface area contributed by atoms with Gasteiger partial charge in [0.1, 0.15) is 5.82 Å². The summed E-state index contributed by atoms with van der Waals surface area (Å²) in [6.45, 7) is 0.269. The third-order valence-corrected chi connectivity index (χ3v) is 6.31. The molecule has 1 fully saturated rings. The van der Waals surface area contributed by atoms with Crippen LogP contribution in [0.15, 0.2) is 40.8 Å². The van der Waals surface area contributed by atoms with Crippen molar-refractivity contribution < 1.29 is 17.6 Å². The highest BCUT2D eigenvalue weighted by molar-refractivity contribution is 7.91. The van der Waals surface area contributed by atoms with Gasteiger partial charge in [-0.25, -0.2) is 12.8 Å². The van der Waals surface area contributed by atoms with Gasteiger partial charge in [-0.05, 0) is 12.5 Å². The molecule has 1 aromatic heterocycles. The maximum atomic E-state index is 13.7. The Kier molecular flexibility index (Phi) is 4.45. The van der Waals surface area contributed by atoms with E-state index in [0.717, 1.165) is 0 Å². The summed E-state index contributed by atoms with van der Waals surface area (Å²) in [6.07, 6.45) is 2.05. The molecule has 8 heteroatoms. The van der Waals surface area contributed by atoms with Crippen LogP contribution in [0.5, 0.6) is 0 Å². The molecule has 0 aliphatic carbocycles. The molecule has 1 atom stereocenters. The molecule has 1 saturated heterocycles. The largest absolute Gasteiger partial charge is 0.319 e. The first-order valence-electron chi connectivity index (χ1n) is 7.11. The molecule has 1 amide bonds. The summed E-state index contributed by atoms with van der Waals surface area (Å²) in [5.41, 5.74) is 0.503. The Labute approximate surface area is 137 Å². The second-order valence-electron chi connectivity index (χ2n) is 5.45. The van der Waals surface area contributed by atoms with Crippen molar-refractivity contribution in [1.82, 2.24) is 4.57 Å². The summed E-state index contributed by atoms with van der Waals surface area (Å²) < 4.78 is 38.3. The van der Waals surface area contributed by atoms with Crippen molar-refractivity contribution in [3.05, 3.63) is 52.0 Å². The van der Waals surface area contributed by atoms with Crippen LogP contribution in [0.3, 0.4) is 0 Å². The van der Waals surface area contributed by atoms with Gasteiger partial charge in [0.05, 0.1) is 24.0 Å². The van der Waals surface area contributed by atoms with Crippen LogP contribution >= 0.6 is 11.3 Å². The molecule has 3 rings (SSSR count). The lowest BCUT2D eigenvalue weighted by atomic mass is 10.1. The predicted molar refractivity (Wildman–Crippen MR) is 85.1 cm³/mol. The van der Waals surface area contributed by atoms with E-state index in [0.29, 0.717) is 16.8 Å². The van der Waals surface area contributed by atoms with Gasteiger partial charge in [0, 0.05) is 17.1 Å². The third kappa shape index (κ3) is 3.76. The van der Waals surface area contributed by atoms with E-state index in [9.17, 15) is 17.6 Å². The molecular weight excluding hydrogens is 339 g/mol. The fourth-order valence-corrected chi connectivity index (χ4v) is 4.96. The summed E-state index contributed by atoms with van der Waals surface area (Å²) in [5.74, 6) is -1.39. The SMILES string of the molecule is O=C(N=c1sccn1Cc1ccccc1F)C1CCS(=O)(=O)C1. The molecule has 1 unspecified atom stereocenters. The van der Waals surface area contributed by atoms with Crippen molar-refractivity contribution in [3.8, 4) is 0 Å². The van der Waals surface area contributed by atoms with Gasteiger partial charge in [0.25, 0.3) is 5.91 Å². The van der Waals surface area contributed by atoms with E-state index >= 15 is 0 Å². The van der Waals surface area contributed by atoms with Gasteiger partial charge in [-0.2, -0.15) is 4.99 Å². The van der Waals surface area contributed by atoms with E-state index in [1.165, 1.54) is 17.4 Å². The second kappa shape index (κ2) is 6.37. The van der Waals surface area contributed by atoms with Crippen LogP contribution < -0.4 is 4.80 Å². The first kappa shape index (κ1) is 16.1. The zero-order valence-electron chi connectivity index (χ0n) is 12.2. The van der Waals surface area contributed by atoms with E-state index in [2.05, 4.69) is 4.99 Å². The Morgan fingerprint density at radius 1 is 1.39 bits per heavy atom. The molecule has 0 N–H and O–H groups in total. The molecule has 0 bridgehead atoms. The Balaban J connectivity index is 1.83. The number of sulfone groups is 1. The average Bonchev–Trinajstić information content (AvgIpc) is 3.08. The van der Waals surface area contributed by atoms with Gasteiger partial charge in [-0.15, -0.1) is 11.3 Å². The molecule has 0 spiro atoms. The number of hydrogen-bond acceptors (Lipinski definition) is 4. The van der Waals surface area contributed by atoms with Gasteiger partial charge in [0.2, 0.25) is 0 Å². The van der Waals surface area contributed by atoms with Crippen molar-refractivity contribution in [1.29, 1.82) is 0 Å². The summed E-state index contributed by atoms with van der Waals surface area (Å²) in [5, 5.41) is 1.76. The van der Waals surface area contributed by atoms with Gasteiger partial charge in [-0.3, -0.25) is 4.79 Å². The van der Waals surface area contributed by atoms with E-state index < -0.39 is 21.7 Å². The van der Waals surface area contributed by atoms with Crippen LogP contribution in [-0.4, -0.2) is 30.4 Å². The minimum Gasteiger partial charge on any atom is -0.319 e. The topological polar surface area (TPSA) is 68.5 Å². The lowest BCUT2D eigenvalue weighted by Gasteiger charge is -2.05. The van der Waals surface area contributed by atoms with Gasteiger partial charge < -0.3 is 4.57 Å². The maximum Gasteiger partial charge on any atom is 0.252 e. The van der Waals surface area contributed by atoms with Crippen LogP contribution in [0.4, 0.5) is 4.39 Å². The van der Waals surface area contributed by atoms with E-state index in [1.807, 2.05) is 0 Å². The Bertz CT molecular complexity index is 899. The molecule has 23 heavy (non-hydrogen) atoms. The van der Waals surface area contributed by atoms with Crippen LogP contribution in [0.25, 0.3) is 0 Å². The number of amides is 1. The molecule has 122 valence electrons. The summed E-state index contributed by atoms with van der Waals surface area (Å²) >= 11 is 1.27. The van der Waals surface area contributed by atoms with Crippen molar-refractivity contribution in [2.24, 2.45) is 10.9 Å². The standard InChI is InChI=1S/C15H15FN2O3S2/c16-13-4-2-1-3-11(13)9-18-6-7-22-15(18)17-14(19)12-5-8-23(20,21)10-12/h1-4,6-7,12H,5,8-10H2. The number of rotatable bonds is 3. The Hall–Kier alpha value is -1.80. The first-order chi connectivity index (χ1) is 10.9. The highest BCUT2D eigenvalue weighted by Gasteiger charge is 2.32. The fraction of sp³-hybridized carbons (Fsp3) is 0.333. The van der Waals surface area contributed by atoms with Crippen LogP contribution in [0.1, 0.15) is 12.0 Å².